The molecular weight excluding hydrogens is 330 g/mol. The van der Waals surface area contributed by atoms with E-state index in [0.717, 1.165) is 11.6 Å². The quantitative estimate of drug-likeness (QED) is 0.610. The van der Waals surface area contributed by atoms with E-state index in [-0.39, 0.29) is 5.91 Å². The summed E-state index contributed by atoms with van der Waals surface area (Å²) in [7, 11) is 0. The number of hydrogen-bond donors (Lipinski definition) is 2. The highest BCUT2D eigenvalue weighted by molar-refractivity contribution is 5.94. The van der Waals surface area contributed by atoms with Crippen molar-refractivity contribution in [1.29, 1.82) is 0 Å². The highest BCUT2D eigenvalue weighted by Gasteiger charge is 2.05. The van der Waals surface area contributed by atoms with Gasteiger partial charge in [0.2, 0.25) is 0 Å². The van der Waals surface area contributed by atoms with Gasteiger partial charge in [-0.1, -0.05) is 0 Å². The van der Waals surface area contributed by atoms with Crippen LogP contribution in [0.25, 0.3) is 5.82 Å². The van der Waals surface area contributed by atoms with Gasteiger partial charge in [-0.2, -0.15) is 0 Å². The smallest absolute Gasteiger partial charge is 0.251 e. The summed E-state index contributed by atoms with van der Waals surface area (Å²) in [5, 5.41) is 14.3. The van der Waals surface area contributed by atoms with Crippen molar-refractivity contribution >= 4 is 11.7 Å². The van der Waals surface area contributed by atoms with E-state index >= 15 is 0 Å². The zero-order chi connectivity index (χ0) is 18.2. The molecule has 3 aromatic rings. The van der Waals surface area contributed by atoms with Gasteiger partial charge in [0, 0.05) is 31.0 Å². The molecule has 1 amide bonds. The second-order valence-corrected chi connectivity index (χ2v) is 5.51. The number of aromatic nitrogens is 3. The van der Waals surface area contributed by atoms with E-state index in [2.05, 4.69) is 20.8 Å². The molecule has 0 aliphatic heterocycles. The van der Waals surface area contributed by atoms with Gasteiger partial charge in [0.25, 0.3) is 5.91 Å². The molecule has 1 aromatic carbocycles. The van der Waals surface area contributed by atoms with Crippen LogP contribution in [0.1, 0.15) is 17.3 Å². The van der Waals surface area contributed by atoms with Crippen LogP contribution >= 0.6 is 0 Å². The van der Waals surface area contributed by atoms with Crippen LogP contribution in [-0.4, -0.2) is 40.4 Å². The SMILES string of the molecule is CCOc1ccc(C(=O)NCCNc2ccc(-n3cccc3)nn2)cc1. The average molecular weight is 351 g/mol. The van der Waals surface area contributed by atoms with E-state index in [1.54, 1.807) is 24.3 Å². The molecule has 0 saturated heterocycles. The minimum atomic E-state index is -0.121. The summed E-state index contributed by atoms with van der Waals surface area (Å²) < 4.78 is 7.25. The highest BCUT2D eigenvalue weighted by atomic mass is 16.5. The number of nitrogens with zero attached hydrogens (tertiary/aromatic N) is 3. The topological polar surface area (TPSA) is 81.1 Å². The Morgan fingerprint density at radius 2 is 1.81 bits per heavy atom. The predicted octanol–water partition coefficient (Wildman–Crippen LogP) is 2.51. The third-order valence-corrected chi connectivity index (χ3v) is 3.66. The zero-order valence-electron chi connectivity index (χ0n) is 14.6. The van der Waals surface area contributed by atoms with Crippen molar-refractivity contribution in [3.8, 4) is 11.6 Å². The van der Waals surface area contributed by atoms with Gasteiger partial charge < -0.3 is 19.9 Å². The molecule has 0 radical (unpaired) electrons. The zero-order valence-corrected chi connectivity index (χ0v) is 14.6. The number of ether oxygens (including phenoxy) is 1. The van der Waals surface area contributed by atoms with Crippen LogP contribution in [0.15, 0.2) is 60.9 Å². The third kappa shape index (κ3) is 4.60. The lowest BCUT2D eigenvalue weighted by molar-refractivity contribution is 0.0955. The van der Waals surface area contributed by atoms with Gasteiger partial charge in [0.05, 0.1) is 6.61 Å². The van der Waals surface area contributed by atoms with Crippen molar-refractivity contribution in [2.75, 3.05) is 25.0 Å². The van der Waals surface area contributed by atoms with Crippen molar-refractivity contribution < 1.29 is 9.53 Å². The Labute approximate surface area is 152 Å². The minimum absolute atomic E-state index is 0.121. The van der Waals surface area contributed by atoms with Crippen LogP contribution in [0.4, 0.5) is 5.82 Å². The second kappa shape index (κ2) is 8.66. The first-order chi connectivity index (χ1) is 12.8. The number of hydrogen-bond acceptors (Lipinski definition) is 5. The maximum absolute atomic E-state index is 12.1. The highest BCUT2D eigenvalue weighted by Crippen LogP contribution is 2.12. The summed E-state index contributed by atoms with van der Waals surface area (Å²) in [5.41, 5.74) is 0.601. The Balaban J connectivity index is 1.42. The molecule has 0 unspecified atom stereocenters. The Bertz CT molecular complexity index is 814. The first kappa shape index (κ1) is 17.5. The van der Waals surface area contributed by atoms with Crippen LogP contribution in [0.2, 0.25) is 0 Å². The lowest BCUT2D eigenvalue weighted by Gasteiger charge is -2.08. The fourth-order valence-electron chi connectivity index (χ4n) is 2.38. The van der Waals surface area contributed by atoms with Crippen molar-refractivity contribution in [2.45, 2.75) is 6.92 Å². The first-order valence-electron chi connectivity index (χ1n) is 8.48. The molecule has 0 aliphatic rings. The van der Waals surface area contributed by atoms with Gasteiger partial charge in [-0.3, -0.25) is 4.79 Å². The first-order valence-corrected chi connectivity index (χ1v) is 8.48. The molecule has 0 fully saturated rings. The molecule has 7 nitrogen and oxygen atoms in total. The normalized spacial score (nSPS) is 10.3. The lowest BCUT2D eigenvalue weighted by atomic mass is 10.2. The largest absolute Gasteiger partial charge is 0.494 e. The summed E-state index contributed by atoms with van der Waals surface area (Å²) in [6.07, 6.45) is 3.82. The third-order valence-electron chi connectivity index (χ3n) is 3.66. The standard InChI is InChI=1S/C19H21N5O2/c1-2-26-16-7-5-15(6-8-16)19(25)21-12-11-20-17-9-10-18(23-22-17)24-13-3-4-14-24/h3-10,13-14H,2,11-12H2,1H3,(H,20,22)(H,21,25). The molecule has 134 valence electrons. The Kier molecular flexibility index (Phi) is 5.82. The molecule has 0 spiro atoms. The number of rotatable bonds is 8. The summed E-state index contributed by atoms with van der Waals surface area (Å²) >= 11 is 0. The predicted molar refractivity (Wildman–Crippen MR) is 99.8 cm³/mol. The van der Waals surface area contributed by atoms with Crippen LogP contribution in [0.3, 0.4) is 0 Å². The summed E-state index contributed by atoms with van der Waals surface area (Å²) in [4.78, 5) is 12.1. The fourth-order valence-corrected chi connectivity index (χ4v) is 2.38. The molecule has 2 N–H and O–H groups in total. The second-order valence-electron chi connectivity index (χ2n) is 5.51. The molecule has 0 saturated carbocycles. The molecule has 7 heteroatoms. The number of carbonyl (C=O) groups is 1. The van der Waals surface area contributed by atoms with Crippen molar-refractivity contribution in [3.05, 3.63) is 66.5 Å². The molecular formula is C19H21N5O2. The van der Waals surface area contributed by atoms with E-state index in [1.165, 1.54) is 0 Å². The molecule has 3 rings (SSSR count). The van der Waals surface area contributed by atoms with E-state index in [4.69, 9.17) is 4.74 Å². The van der Waals surface area contributed by atoms with Crippen molar-refractivity contribution in [1.82, 2.24) is 20.1 Å². The van der Waals surface area contributed by atoms with Crippen LogP contribution in [0.5, 0.6) is 5.75 Å². The molecule has 26 heavy (non-hydrogen) atoms. The molecule has 0 aliphatic carbocycles. The Morgan fingerprint density at radius 1 is 1.04 bits per heavy atom. The maximum atomic E-state index is 12.1. The summed E-state index contributed by atoms with van der Waals surface area (Å²) in [5.74, 6) is 2.05. The average Bonchev–Trinajstić information content (AvgIpc) is 3.21. The van der Waals surface area contributed by atoms with Crippen LogP contribution < -0.4 is 15.4 Å². The monoisotopic (exact) mass is 351 g/mol. The van der Waals surface area contributed by atoms with Gasteiger partial charge in [-0.15, -0.1) is 10.2 Å². The van der Waals surface area contributed by atoms with E-state index < -0.39 is 0 Å². The molecule has 2 heterocycles. The number of carbonyl (C=O) groups excluding carboxylic acids is 1. The Morgan fingerprint density at radius 3 is 2.46 bits per heavy atom. The van der Waals surface area contributed by atoms with E-state index in [0.29, 0.717) is 31.1 Å². The van der Waals surface area contributed by atoms with Gasteiger partial charge in [-0.25, -0.2) is 0 Å². The lowest BCUT2D eigenvalue weighted by Crippen LogP contribution is -2.28. The van der Waals surface area contributed by atoms with Gasteiger partial charge in [0.1, 0.15) is 11.6 Å². The van der Waals surface area contributed by atoms with Gasteiger partial charge in [-0.05, 0) is 55.5 Å². The molecule has 0 atom stereocenters. The molecule has 2 aromatic heterocycles. The van der Waals surface area contributed by atoms with E-state index in [1.807, 2.05) is 48.1 Å². The minimum Gasteiger partial charge on any atom is -0.494 e. The summed E-state index contributed by atoms with van der Waals surface area (Å²) in [6, 6.07) is 14.7. The fraction of sp³-hybridized carbons (Fsp3) is 0.211. The van der Waals surface area contributed by atoms with Crippen molar-refractivity contribution in [3.63, 3.8) is 0 Å². The van der Waals surface area contributed by atoms with Crippen LogP contribution in [-0.2, 0) is 0 Å². The molecule has 0 bridgehead atoms. The Hall–Kier alpha value is -3.35. The van der Waals surface area contributed by atoms with Gasteiger partial charge in [0.15, 0.2) is 5.82 Å². The van der Waals surface area contributed by atoms with Crippen molar-refractivity contribution in [2.24, 2.45) is 0 Å². The van der Waals surface area contributed by atoms with Gasteiger partial charge >= 0.3 is 0 Å². The number of nitrogens with one attached hydrogen (secondary N) is 2. The number of anilines is 1. The van der Waals surface area contributed by atoms with E-state index in [9.17, 15) is 4.79 Å². The maximum Gasteiger partial charge on any atom is 0.251 e. The van der Waals surface area contributed by atoms with Crippen LogP contribution in [0, 0.1) is 0 Å². The number of benzene rings is 1. The summed E-state index contributed by atoms with van der Waals surface area (Å²) in [6.45, 7) is 3.56. The number of amides is 1.